The van der Waals surface area contributed by atoms with Crippen LogP contribution < -0.4 is 0 Å². The molecule has 0 amide bonds. The highest BCUT2D eigenvalue weighted by Crippen LogP contribution is 2.42. The van der Waals surface area contributed by atoms with E-state index in [4.69, 9.17) is 13.3 Å². The molecule has 218 valence electrons. The summed E-state index contributed by atoms with van der Waals surface area (Å²) < 4.78 is 19.2. The number of hydrogen-bond donors (Lipinski definition) is 0. The summed E-state index contributed by atoms with van der Waals surface area (Å²) in [6.07, 6.45) is 3.98. The molecular weight excluding hydrogens is 564 g/mol. The number of para-hydroxylation sites is 3. The molecule has 0 saturated heterocycles. The van der Waals surface area contributed by atoms with Crippen molar-refractivity contribution >= 4 is 72.6 Å². The van der Waals surface area contributed by atoms with Crippen LogP contribution in [0.1, 0.15) is 23.8 Å². The Morgan fingerprint density at radius 2 is 1.11 bits per heavy atom. The van der Waals surface area contributed by atoms with Crippen molar-refractivity contribution in [2.45, 2.75) is 6.92 Å². The topological polar surface area (TPSA) is 39.4 Å². The van der Waals surface area contributed by atoms with Gasteiger partial charge in [-0.3, -0.25) is 0 Å². The van der Waals surface area contributed by atoms with Gasteiger partial charge < -0.3 is 13.3 Å². The Balaban J connectivity index is 1.21. The van der Waals surface area contributed by atoms with Gasteiger partial charge in [0.2, 0.25) is 0 Å². The van der Waals surface area contributed by atoms with Crippen molar-refractivity contribution in [2.24, 2.45) is 0 Å². The molecule has 0 atom stereocenters. The second kappa shape index (κ2) is 10.3. The van der Waals surface area contributed by atoms with E-state index >= 15 is 0 Å². The summed E-state index contributed by atoms with van der Waals surface area (Å²) >= 11 is 0. The summed E-state index contributed by atoms with van der Waals surface area (Å²) in [6.45, 7) is 6.16. The first kappa shape index (κ1) is 26.4. The number of benzene rings is 6. The van der Waals surface area contributed by atoms with Gasteiger partial charge in [0.25, 0.3) is 0 Å². The molecule has 0 aliphatic carbocycles. The monoisotopic (exact) mass is 592 g/mol. The minimum Gasteiger partial charge on any atom is -0.456 e. The highest BCUT2D eigenvalue weighted by molar-refractivity contribution is 6.14. The fourth-order valence-electron chi connectivity index (χ4n) is 6.77. The summed E-state index contributed by atoms with van der Waals surface area (Å²) in [4.78, 5) is 0. The molecule has 9 rings (SSSR count). The Labute approximate surface area is 265 Å². The van der Waals surface area contributed by atoms with E-state index in [2.05, 4.69) is 117 Å². The Hall–Kier alpha value is -6.06. The zero-order valence-corrected chi connectivity index (χ0v) is 25.2. The molecule has 0 unspecified atom stereocenters. The molecule has 3 heterocycles. The third kappa shape index (κ3) is 4.06. The Bertz CT molecular complexity index is 2660. The Morgan fingerprint density at radius 1 is 0.522 bits per heavy atom. The van der Waals surface area contributed by atoms with Crippen molar-refractivity contribution in [3.8, 4) is 22.3 Å². The van der Waals surface area contributed by atoms with Crippen molar-refractivity contribution in [1.29, 1.82) is 0 Å². The van der Waals surface area contributed by atoms with Gasteiger partial charge in [-0.2, -0.15) is 0 Å². The molecule has 0 fully saturated rings. The first-order valence-electron chi connectivity index (χ1n) is 15.5. The fourth-order valence-corrected chi connectivity index (χ4v) is 6.77. The summed E-state index contributed by atoms with van der Waals surface area (Å²) in [5.41, 5.74) is 11.9. The van der Waals surface area contributed by atoms with E-state index in [1.54, 1.807) is 6.08 Å². The highest BCUT2D eigenvalue weighted by Gasteiger charge is 2.18. The minimum absolute atomic E-state index is 0.761. The summed E-state index contributed by atoms with van der Waals surface area (Å²) in [5, 5.41) is 5.43. The van der Waals surface area contributed by atoms with E-state index in [1.807, 2.05) is 30.3 Å². The zero-order chi connectivity index (χ0) is 30.8. The molecule has 0 saturated carbocycles. The van der Waals surface area contributed by atoms with E-state index in [0.717, 1.165) is 94.0 Å². The van der Waals surface area contributed by atoms with Gasteiger partial charge in [0.15, 0.2) is 0 Å². The first-order chi connectivity index (χ1) is 22.7. The van der Waals surface area contributed by atoms with Gasteiger partial charge in [0.1, 0.15) is 33.7 Å². The third-order valence-electron chi connectivity index (χ3n) is 9.05. The van der Waals surface area contributed by atoms with Gasteiger partial charge in [-0.05, 0) is 71.7 Å². The number of fused-ring (bicyclic) bond motifs is 7. The molecule has 3 heteroatoms. The normalized spacial score (nSPS) is 12.2. The molecule has 3 nitrogen and oxygen atoms in total. The molecule has 3 aromatic heterocycles. The van der Waals surface area contributed by atoms with Gasteiger partial charge in [-0.15, -0.1) is 0 Å². The van der Waals surface area contributed by atoms with Crippen molar-refractivity contribution in [2.75, 3.05) is 0 Å². The average Bonchev–Trinajstić information content (AvgIpc) is 3.79. The van der Waals surface area contributed by atoms with Crippen LogP contribution in [0.5, 0.6) is 0 Å². The number of rotatable bonds is 5. The summed E-state index contributed by atoms with van der Waals surface area (Å²) in [7, 11) is 0. The lowest BCUT2D eigenvalue weighted by molar-refractivity contribution is 0.603. The van der Waals surface area contributed by atoms with Crippen LogP contribution in [0, 0.1) is 0 Å². The maximum absolute atomic E-state index is 6.82. The third-order valence-corrected chi connectivity index (χ3v) is 9.05. The van der Waals surface area contributed by atoms with E-state index < -0.39 is 0 Å². The molecule has 46 heavy (non-hydrogen) atoms. The van der Waals surface area contributed by atoms with E-state index in [0.29, 0.717) is 0 Å². The largest absolute Gasteiger partial charge is 0.456 e. The molecule has 0 N–H and O–H groups in total. The van der Waals surface area contributed by atoms with Crippen LogP contribution in [0.3, 0.4) is 0 Å². The zero-order valence-electron chi connectivity index (χ0n) is 25.2. The van der Waals surface area contributed by atoms with Crippen molar-refractivity contribution in [1.82, 2.24) is 0 Å². The molecule has 0 aliphatic rings. The van der Waals surface area contributed by atoms with E-state index in [1.165, 1.54) is 5.56 Å². The first-order valence-corrected chi connectivity index (χ1v) is 15.5. The van der Waals surface area contributed by atoms with Crippen molar-refractivity contribution < 1.29 is 13.3 Å². The maximum atomic E-state index is 6.82. The van der Waals surface area contributed by atoms with Crippen LogP contribution in [-0.2, 0) is 0 Å². The maximum Gasteiger partial charge on any atom is 0.143 e. The predicted molar refractivity (Wildman–Crippen MR) is 192 cm³/mol. The van der Waals surface area contributed by atoms with Crippen LogP contribution in [0.15, 0.2) is 147 Å². The lowest BCUT2D eigenvalue weighted by Gasteiger charge is -2.05. The molecule has 6 aromatic carbocycles. The minimum atomic E-state index is 0.761. The van der Waals surface area contributed by atoms with Crippen molar-refractivity contribution in [3.05, 3.63) is 151 Å². The number of allylic oxidation sites excluding steroid dienone is 1. The molecule has 0 radical (unpaired) electrons. The fraction of sp³-hybridized carbons (Fsp3) is 0.0233. The second-order valence-corrected chi connectivity index (χ2v) is 11.8. The quantitative estimate of drug-likeness (QED) is 0.200. The van der Waals surface area contributed by atoms with Crippen LogP contribution >= 0.6 is 0 Å². The molecule has 0 bridgehead atoms. The van der Waals surface area contributed by atoms with Crippen LogP contribution in [0.4, 0.5) is 0 Å². The Kier molecular flexibility index (Phi) is 5.87. The average molecular weight is 593 g/mol. The van der Waals surface area contributed by atoms with E-state index in [9.17, 15) is 0 Å². The lowest BCUT2D eigenvalue weighted by Crippen LogP contribution is -1.82. The molecule has 0 spiro atoms. The smallest absolute Gasteiger partial charge is 0.143 e. The van der Waals surface area contributed by atoms with Crippen LogP contribution in [0.2, 0.25) is 0 Å². The Morgan fingerprint density at radius 3 is 1.80 bits per heavy atom. The van der Waals surface area contributed by atoms with Gasteiger partial charge in [-0.25, -0.2) is 0 Å². The summed E-state index contributed by atoms with van der Waals surface area (Å²) in [5.74, 6) is 0.761. The van der Waals surface area contributed by atoms with E-state index in [-0.39, 0.29) is 0 Å². The standard InChI is InChI=1S/C43H28O3/c1-3-38-35(23-26(2)27-11-5-4-6-12-27)37-25-29(20-22-41(37)44-38)31-15-10-17-34-33-16-9-14-30(42(33)46-43(31)34)28-19-21-40-36(24-28)32-13-7-8-18-39(32)45-40/h3-25H,1H2,2H3/b26-23+. The number of furan rings is 3. The van der Waals surface area contributed by atoms with Gasteiger partial charge >= 0.3 is 0 Å². The van der Waals surface area contributed by atoms with Gasteiger partial charge in [0.05, 0.1) is 0 Å². The predicted octanol–water partition coefficient (Wildman–Crippen LogP) is 12.8. The van der Waals surface area contributed by atoms with Crippen molar-refractivity contribution in [3.63, 3.8) is 0 Å². The SMILES string of the molecule is C=Cc1oc2ccc(-c3cccc4c3oc3c(-c5ccc6oc7ccccc7c6c5)cccc34)cc2c1/C=C(\C)c1ccccc1. The van der Waals surface area contributed by atoms with Gasteiger partial charge in [0, 0.05) is 43.6 Å². The summed E-state index contributed by atoms with van der Waals surface area (Å²) in [6, 6.07) is 44.1. The molecular formula is C43H28O3. The highest BCUT2D eigenvalue weighted by atomic mass is 16.3. The lowest BCUT2D eigenvalue weighted by atomic mass is 9.97. The number of hydrogen-bond acceptors (Lipinski definition) is 3. The second-order valence-electron chi connectivity index (χ2n) is 11.8. The van der Waals surface area contributed by atoms with Crippen LogP contribution in [-0.4, -0.2) is 0 Å². The van der Waals surface area contributed by atoms with Crippen LogP contribution in [0.25, 0.3) is 94.8 Å². The molecule has 0 aliphatic heterocycles. The van der Waals surface area contributed by atoms with Gasteiger partial charge in [-0.1, -0.05) is 104 Å². The molecule has 9 aromatic rings.